The Kier molecular flexibility index (Phi) is 4.66. The molecule has 3 rings (SSSR count). The first-order chi connectivity index (χ1) is 11.6. The highest BCUT2D eigenvalue weighted by molar-refractivity contribution is 7.17. The number of hydrogen-bond acceptors (Lipinski definition) is 5. The van der Waals surface area contributed by atoms with E-state index in [1.165, 1.54) is 12.1 Å². The maximum Gasteiger partial charge on any atom is 0.324 e. The van der Waals surface area contributed by atoms with Crippen molar-refractivity contribution in [1.82, 2.24) is 15.1 Å². The van der Waals surface area contributed by atoms with Crippen LogP contribution in [-0.4, -0.2) is 27.2 Å². The molecule has 0 fully saturated rings. The van der Waals surface area contributed by atoms with Crippen LogP contribution in [0.3, 0.4) is 0 Å². The molecular formula is C16H14N4O3S. The Morgan fingerprint density at radius 1 is 1.25 bits per heavy atom. The van der Waals surface area contributed by atoms with Crippen molar-refractivity contribution in [3.05, 3.63) is 75.4 Å². The van der Waals surface area contributed by atoms with Gasteiger partial charge in [0.15, 0.2) is 0 Å². The molecule has 0 spiro atoms. The number of nitrogens with one attached hydrogen (secondary N) is 1. The molecule has 1 N–H and O–H groups in total. The summed E-state index contributed by atoms with van der Waals surface area (Å²) in [5.41, 5.74) is 1.97. The fourth-order valence-corrected chi connectivity index (χ4v) is 2.90. The third kappa shape index (κ3) is 3.66. The Morgan fingerprint density at radius 2 is 2.04 bits per heavy atom. The van der Waals surface area contributed by atoms with Gasteiger partial charge in [-0.25, -0.2) is 4.68 Å². The van der Waals surface area contributed by atoms with Crippen LogP contribution in [0.25, 0.3) is 5.69 Å². The highest BCUT2D eigenvalue weighted by Gasteiger charge is 2.14. The first kappa shape index (κ1) is 15.9. The van der Waals surface area contributed by atoms with Crippen molar-refractivity contribution in [3.8, 4) is 5.69 Å². The molecule has 0 atom stereocenters. The van der Waals surface area contributed by atoms with Gasteiger partial charge in [-0.15, -0.1) is 0 Å². The van der Waals surface area contributed by atoms with Crippen LogP contribution in [0.4, 0.5) is 5.00 Å². The van der Waals surface area contributed by atoms with E-state index in [1.54, 1.807) is 10.9 Å². The third-order valence-electron chi connectivity index (χ3n) is 3.35. The van der Waals surface area contributed by atoms with E-state index in [9.17, 15) is 14.9 Å². The quantitative estimate of drug-likeness (QED) is 0.551. The van der Waals surface area contributed by atoms with Gasteiger partial charge >= 0.3 is 5.00 Å². The molecule has 24 heavy (non-hydrogen) atoms. The number of para-hydroxylation sites is 1. The molecule has 0 aliphatic rings. The van der Waals surface area contributed by atoms with Gasteiger partial charge in [0, 0.05) is 18.8 Å². The molecule has 1 amide bonds. The van der Waals surface area contributed by atoms with Gasteiger partial charge in [-0.1, -0.05) is 29.5 Å². The largest absolute Gasteiger partial charge is 0.351 e. The monoisotopic (exact) mass is 342 g/mol. The van der Waals surface area contributed by atoms with E-state index in [0.717, 1.165) is 22.6 Å². The molecule has 0 aliphatic carbocycles. The second kappa shape index (κ2) is 7.05. The van der Waals surface area contributed by atoms with Gasteiger partial charge in [0.2, 0.25) is 0 Å². The second-order valence-electron chi connectivity index (χ2n) is 5.03. The number of rotatable bonds is 6. The van der Waals surface area contributed by atoms with Crippen LogP contribution in [0.1, 0.15) is 15.2 Å². The van der Waals surface area contributed by atoms with Crippen LogP contribution < -0.4 is 5.32 Å². The number of nitro groups is 1. The number of hydrogen-bond donors (Lipinski definition) is 1. The van der Waals surface area contributed by atoms with Crippen LogP contribution in [0.15, 0.2) is 54.9 Å². The van der Waals surface area contributed by atoms with Gasteiger partial charge < -0.3 is 5.32 Å². The van der Waals surface area contributed by atoms with Crippen molar-refractivity contribution < 1.29 is 9.72 Å². The molecule has 122 valence electrons. The molecule has 1 aromatic carbocycles. The van der Waals surface area contributed by atoms with E-state index >= 15 is 0 Å². The molecule has 0 unspecified atom stereocenters. The van der Waals surface area contributed by atoms with Crippen LogP contribution >= 0.6 is 11.3 Å². The summed E-state index contributed by atoms with van der Waals surface area (Å²) in [6.45, 7) is 0.436. The predicted octanol–water partition coefficient (Wildman–Crippen LogP) is 2.81. The topological polar surface area (TPSA) is 90.1 Å². The van der Waals surface area contributed by atoms with Crippen LogP contribution in [-0.2, 0) is 6.42 Å². The van der Waals surface area contributed by atoms with Crippen molar-refractivity contribution in [2.24, 2.45) is 0 Å². The fourth-order valence-electron chi connectivity index (χ4n) is 2.17. The zero-order valence-electron chi connectivity index (χ0n) is 12.6. The lowest BCUT2D eigenvalue weighted by molar-refractivity contribution is -0.380. The SMILES string of the molecule is O=C(NCCc1cnn(-c2ccccc2)c1)c1ccc([N+](=O)[O-])s1. The summed E-state index contributed by atoms with van der Waals surface area (Å²) in [5, 5.41) is 17.6. The average molecular weight is 342 g/mol. The Labute approximate surface area is 141 Å². The predicted molar refractivity (Wildman–Crippen MR) is 90.6 cm³/mol. The van der Waals surface area contributed by atoms with E-state index in [1.807, 2.05) is 36.5 Å². The number of aromatic nitrogens is 2. The summed E-state index contributed by atoms with van der Waals surface area (Å²) in [4.78, 5) is 22.4. The smallest absolute Gasteiger partial charge is 0.324 e. The maximum absolute atomic E-state index is 12.0. The first-order valence-corrected chi connectivity index (χ1v) is 8.06. The van der Waals surface area contributed by atoms with Gasteiger partial charge in [0.25, 0.3) is 5.91 Å². The van der Waals surface area contributed by atoms with Crippen molar-refractivity contribution in [2.75, 3.05) is 6.54 Å². The summed E-state index contributed by atoms with van der Waals surface area (Å²) in [6, 6.07) is 12.5. The van der Waals surface area contributed by atoms with Crippen molar-refractivity contribution in [1.29, 1.82) is 0 Å². The van der Waals surface area contributed by atoms with Gasteiger partial charge in [-0.3, -0.25) is 14.9 Å². The molecule has 3 aromatic rings. The molecule has 7 nitrogen and oxygen atoms in total. The Morgan fingerprint density at radius 3 is 2.75 bits per heavy atom. The molecule has 0 radical (unpaired) electrons. The molecule has 0 aliphatic heterocycles. The maximum atomic E-state index is 12.0. The van der Waals surface area contributed by atoms with E-state index in [-0.39, 0.29) is 10.9 Å². The lowest BCUT2D eigenvalue weighted by atomic mass is 10.2. The lowest BCUT2D eigenvalue weighted by Gasteiger charge is -2.02. The van der Waals surface area contributed by atoms with Crippen LogP contribution in [0, 0.1) is 10.1 Å². The summed E-state index contributed by atoms with van der Waals surface area (Å²) >= 11 is 0.869. The van der Waals surface area contributed by atoms with E-state index in [4.69, 9.17) is 0 Å². The van der Waals surface area contributed by atoms with Gasteiger partial charge in [0.05, 0.1) is 21.7 Å². The Balaban J connectivity index is 1.54. The molecular weight excluding hydrogens is 328 g/mol. The third-order valence-corrected chi connectivity index (χ3v) is 4.39. The molecule has 0 bridgehead atoms. The van der Waals surface area contributed by atoms with Crippen molar-refractivity contribution in [2.45, 2.75) is 6.42 Å². The highest BCUT2D eigenvalue weighted by atomic mass is 32.1. The summed E-state index contributed by atoms with van der Waals surface area (Å²) in [7, 11) is 0. The summed E-state index contributed by atoms with van der Waals surface area (Å²) in [5.74, 6) is -0.302. The van der Waals surface area contributed by atoms with Gasteiger partial charge in [-0.05, 0) is 30.2 Å². The minimum Gasteiger partial charge on any atom is -0.351 e. The second-order valence-corrected chi connectivity index (χ2v) is 6.09. The number of nitrogens with zero attached hydrogens (tertiary/aromatic N) is 3. The Hall–Kier alpha value is -3.00. The van der Waals surface area contributed by atoms with E-state index in [0.29, 0.717) is 17.8 Å². The molecule has 8 heteroatoms. The van der Waals surface area contributed by atoms with Gasteiger partial charge in [0.1, 0.15) is 0 Å². The number of carbonyl (C=O) groups excluding carboxylic acids is 1. The highest BCUT2D eigenvalue weighted by Crippen LogP contribution is 2.23. The zero-order chi connectivity index (χ0) is 16.9. The molecule has 2 aromatic heterocycles. The number of carbonyl (C=O) groups is 1. The van der Waals surface area contributed by atoms with Gasteiger partial charge in [-0.2, -0.15) is 5.10 Å². The number of thiophene rings is 1. The number of benzene rings is 1. The minimum atomic E-state index is -0.501. The minimum absolute atomic E-state index is 0.0377. The molecule has 0 saturated carbocycles. The van der Waals surface area contributed by atoms with E-state index in [2.05, 4.69) is 10.4 Å². The van der Waals surface area contributed by atoms with Crippen molar-refractivity contribution >= 4 is 22.2 Å². The van der Waals surface area contributed by atoms with Crippen LogP contribution in [0.5, 0.6) is 0 Å². The fraction of sp³-hybridized carbons (Fsp3) is 0.125. The zero-order valence-corrected chi connectivity index (χ0v) is 13.4. The number of amides is 1. The Bertz CT molecular complexity index is 857. The standard InChI is InChI=1S/C16H14N4O3S/c21-16(14-6-7-15(24-14)20(22)23)17-9-8-12-10-18-19(11-12)13-4-2-1-3-5-13/h1-7,10-11H,8-9H2,(H,17,21). The normalized spacial score (nSPS) is 10.5. The van der Waals surface area contributed by atoms with Crippen LogP contribution in [0.2, 0.25) is 0 Å². The first-order valence-electron chi connectivity index (χ1n) is 7.25. The molecule has 2 heterocycles. The average Bonchev–Trinajstić information content (AvgIpc) is 3.25. The van der Waals surface area contributed by atoms with Crippen molar-refractivity contribution in [3.63, 3.8) is 0 Å². The summed E-state index contributed by atoms with van der Waals surface area (Å²) in [6.07, 6.45) is 4.30. The molecule has 0 saturated heterocycles. The lowest BCUT2D eigenvalue weighted by Crippen LogP contribution is -2.24. The summed E-state index contributed by atoms with van der Waals surface area (Å²) < 4.78 is 1.78. The van der Waals surface area contributed by atoms with E-state index < -0.39 is 4.92 Å².